The summed E-state index contributed by atoms with van der Waals surface area (Å²) in [6.45, 7) is 1.60. The molecule has 138 valence electrons. The number of aryl methyl sites for hydroxylation is 1. The molecule has 2 aromatic heterocycles. The number of hydrogen-bond acceptors (Lipinski definition) is 4. The molecule has 0 fully saturated rings. The lowest BCUT2D eigenvalue weighted by molar-refractivity contribution is 0.508. The van der Waals surface area contributed by atoms with Crippen LogP contribution in [0.4, 0.5) is 0 Å². The third-order valence-electron chi connectivity index (χ3n) is 4.93. The van der Waals surface area contributed by atoms with Crippen LogP contribution in [0.3, 0.4) is 0 Å². The van der Waals surface area contributed by atoms with Crippen molar-refractivity contribution in [3.8, 4) is 0 Å². The van der Waals surface area contributed by atoms with Gasteiger partial charge in [0.25, 0.3) is 0 Å². The van der Waals surface area contributed by atoms with Crippen LogP contribution in [0.2, 0.25) is 5.02 Å². The van der Waals surface area contributed by atoms with Crippen LogP contribution < -0.4 is 5.63 Å². The maximum Gasteiger partial charge on any atom is 0.360 e. The van der Waals surface area contributed by atoms with Crippen molar-refractivity contribution in [3.05, 3.63) is 75.8 Å². The normalized spacial score (nSPS) is 13.3. The summed E-state index contributed by atoms with van der Waals surface area (Å²) < 4.78 is 33.2. The van der Waals surface area contributed by atoms with Crippen molar-refractivity contribution in [1.82, 2.24) is 4.57 Å². The van der Waals surface area contributed by atoms with Crippen molar-refractivity contribution >= 4 is 43.2 Å². The number of sulfone groups is 1. The standard InChI is InChI=1S/C20H16ClNO4S/c1-12(27(24,25)14-9-7-13(21)8-10-14)16-11-26-20(23)19-18(16)15-5-3-4-6-17(15)22(19)2/h3-12H,1-2H3. The van der Waals surface area contributed by atoms with E-state index in [1.807, 2.05) is 24.3 Å². The minimum absolute atomic E-state index is 0.166. The largest absolute Gasteiger partial charge is 0.429 e. The molecule has 27 heavy (non-hydrogen) atoms. The van der Waals surface area contributed by atoms with E-state index in [1.165, 1.54) is 18.4 Å². The summed E-state index contributed by atoms with van der Waals surface area (Å²) in [7, 11) is -1.93. The second-order valence-corrected chi connectivity index (χ2v) is 9.12. The van der Waals surface area contributed by atoms with Crippen molar-refractivity contribution in [3.63, 3.8) is 0 Å². The molecule has 7 heteroatoms. The molecule has 4 aromatic rings. The van der Waals surface area contributed by atoms with Gasteiger partial charge in [0.2, 0.25) is 0 Å². The first-order valence-electron chi connectivity index (χ1n) is 8.30. The molecule has 1 unspecified atom stereocenters. The number of nitrogens with zero attached hydrogens (tertiary/aromatic N) is 1. The zero-order valence-electron chi connectivity index (χ0n) is 14.6. The molecule has 1 atom stereocenters. The Labute approximate surface area is 160 Å². The highest BCUT2D eigenvalue weighted by Gasteiger charge is 2.29. The van der Waals surface area contributed by atoms with Crippen LogP contribution in [-0.4, -0.2) is 13.0 Å². The van der Waals surface area contributed by atoms with Crippen molar-refractivity contribution in [2.75, 3.05) is 0 Å². The Morgan fingerprint density at radius 3 is 2.44 bits per heavy atom. The second-order valence-electron chi connectivity index (χ2n) is 6.42. The zero-order chi connectivity index (χ0) is 19.3. The molecule has 0 N–H and O–H groups in total. The highest BCUT2D eigenvalue weighted by atomic mass is 35.5. The molecule has 0 saturated carbocycles. The summed E-state index contributed by atoms with van der Waals surface area (Å²) >= 11 is 5.87. The lowest BCUT2D eigenvalue weighted by atomic mass is 10.1. The number of fused-ring (bicyclic) bond motifs is 3. The average molecular weight is 402 g/mol. The van der Waals surface area contributed by atoms with Crippen LogP contribution >= 0.6 is 11.6 Å². The lowest BCUT2D eigenvalue weighted by Crippen LogP contribution is -2.13. The Morgan fingerprint density at radius 1 is 1.07 bits per heavy atom. The summed E-state index contributed by atoms with van der Waals surface area (Å²) in [6, 6.07) is 13.5. The maximum atomic E-state index is 13.1. The van der Waals surface area contributed by atoms with Gasteiger partial charge in [-0.2, -0.15) is 0 Å². The highest BCUT2D eigenvalue weighted by Crippen LogP contribution is 2.36. The van der Waals surface area contributed by atoms with Gasteiger partial charge in [-0.1, -0.05) is 29.8 Å². The highest BCUT2D eigenvalue weighted by molar-refractivity contribution is 7.91. The van der Waals surface area contributed by atoms with Gasteiger partial charge in [0.1, 0.15) is 11.8 Å². The Hall–Kier alpha value is -2.57. The van der Waals surface area contributed by atoms with Crippen LogP contribution in [0, 0.1) is 0 Å². The van der Waals surface area contributed by atoms with E-state index in [4.69, 9.17) is 16.0 Å². The summed E-state index contributed by atoms with van der Waals surface area (Å²) in [5.74, 6) is 0. The van der Waals surface area contributed by atoms with Gasteiger partial charge in [-0.3, -0.25) is 0 Å². The van der Waals surface area contributed by atoms with Crippen molar-refractivity contribution in [2.24, 2.45) is 7.05 Å². The molecule has 0 aliphatic heterocycles. The van der Waals surface area contributed by atoms with Gasteiger partial charge in [0, 0.05) is 33.9 Å². The van der Waals surface area contributed by atoms with Crippen LogP contribution in [0.5, 0.6) is 0 Å². The van der Waals surface area contributed by atoms with E-state index in [0.29, 0.717) is 21.5 Å². The van der Waals surface area contributed by atoms with E-state index < -0.39 is 20.7 Å². The number of hydrogen-bond donors (Lipinski definition) is 0. The molecule has 0 aliphatic carbocycles. The van der Waals surface area contributed by atoms with Gasteiger partial charge in [-0.25, -0.2) is 13.2 Å². The van der Waals surface area contributed by atoms with Gasteiger partial charge in [0.05, 0.1) is 10.1 Å². The van der Waals surface area contributed by atoms with Crippen molar-refractivity contribution in [1.29, 1.82) is 0 Å². The van der Waals surface area contributed by atoms with E-state index in [-0.39, 0.29) is 4.90 Å². The molecule has 0 spiro atoms. The fraction of sp³-hybridized carbons (Fsp3) is 0.150. The molecule has 4 rings (SSSR count). The molecule has 0 bridgehead atoms. The number of para-hydroxylation sites is 1. The van der Waals surface area contributed by atoms with Crippen LogP contribution in [0.1, 0.15) is 17.7 Å². The van der Waals surface area contributed by atoms with Gasteiger partial charge in [-0.15, -0.1) is 0 Å². The number of benzene rings is 2. The minimum atomic E-state index is -3.70. The van der Waals surface area contributed by atoms with Crippen molar-refractivity contribution < 1.29 is 12.8 Å². The summed E-state index contributed by atoms with van der Waals surface area (Å²) in [6.07, 6.45) is 1.26. The first kappa shape index (κ1) is 17.8. The van der Waals surface area contributed by atoms with Gasteiger partial charge in [0.15, 0.2) is 9.84 Å². The Bertz CT molecular complexity index is 1330. The maximum absolute atomic E-state index is 13.1. The van der Waals surface area contributed by atoms with E-state index >= 15 is 0 Å². The third kappa shape index (κ3) is 2.67. The Kier molecular flexibility index (Phi) is 4.13. The van der Waals surface area contributed by atoms with Gasteiger partial charge < -0.3 is 8.98 Å². The number of aromatic nitrogens is 1. The topological polar surface area (TPSA) is 69.3 Å². The van der Waals surface area contributed by atoms with Crippen LogP contribution in [-0.2, 0) is 16.9 Å². The fourth-order valence-corrected chi connectivity index (χ4v) is 5.01. The molecule has 0 aliphatic rings. The lowest BCUT2D eigenvalue weighted by Gasteiger charge is -2.14. The van der Waals surface area contributed by atoms with Gasteiger partial charge >= 0.3 is 5.63 Å². The monoisotopic (exact) mass is 401 g/mol. The molecule has 2 aromatic carbocycles. The molecule has 5 nitrogen and oxygen atoms in total. The quantitative estimate of drug-likeness (QED) is 0.507. The third-order valence-corrected chi connectivity index (χ3v) is 7.29. The first-order valence-corrected chi connectivity index (χ1v) is 10.2. The van der Waals surface area contributed by atoms with E-state index in [1.54, 1.807) is 30.7 Å². The summed E-state index contributed by atoms with van der Waals surface area (Å²) in [5, 5.41) is 0.977. The van der Waals surface area contributed by atoms with Crippen LogP contribution in [0.15, 0.2) is 68.9 Å². The second kappa shape index (κ2) is 6.25. The summed E-state index contributed by atoms with van der Waals surface area (Å²) in [4.78, 5) is 12.5. The van der Waals surface area contributed by atoms with E-state index in [0.717, 1.165) is 10.9 Å². The molecular weight excluding hydrogens is 386 g/mol. The van der Waals surface area contributed by atoms with E-state index in [9.17, 15) is 13.2 Å². The molecular formula is C20H16ClNO4S. The molecule has 0 radical (unpaired) electrons. The molecule has 0 amide bonds. The number of halogens is 1. The Balaban J connectivity index is 2.02. The smallest absolute Gasteiger partial charge is 0.360 e. The zero-order valence-corrected chi connectivity index (χ0v) is 16.2. The van der Waals surface area contributed by atoms with E-state index in [2.05, 4.69) is 0 Å². The first-order chi connectivity index (χ1) is 12.8. The summed E-state index contributed by atoms with van der Waals surface area (Å²) in [5.41, 5.74) is 1.15. The molecule has 2 heterocycles. The van der Waals surface area contributed by atoms with Crippen LogP contribution in [0.25, 0.3) is 21.8 Å². The number of rotatable bonds is 3. The van der Waals surface area contributed by atoms with Gasteiger partial charge in [-0.05, 0) is 37.3 Å². The fourth-order valence-electron chi connectivity index (χ4n) is 3.45. The molecule has 0 saturated heterocycles. The predicted octanol–water partition coefficient (Wildman–Crippen LogP) is 4.47. The van der Waals surface area contributed by atoms with Crippen molar-refractivity contribution in [2.45, 2.75) is 17.1 Å². The average Bonchev–Trinajstić information content (AvgIpc) is 2.96. The minimum Gasteiger partial charge on any atom is -0.429 e. The SMILES string of the molecule is CC(c1coc(=O)c2c1c1ccccc1n2C)S(=O)(=O)c1ccc(Cl)cc1. The Morgan fingerprint density at radius 2 is 1.74 bits per heavy atom. The predicted molar refractivity (Wildman–Crippen MR) is 106 cm³/mol.